The van der Waals surface area contributed by atoms with Gasteiger partial charge in [-0.3, -0.25) is 4.79 Å². The molecule has 0 aliphatic carbocycles. The van der Waals surface area contributed by atoms with Crippen LogP contribution in [0.25, 0.3) is 0 Å². The highest BCUT2D eigenvalue weighted by atomic mass is 16.7. The highest BCUT2D eigenvalue weighted by Gasteiger charge is 2.23. The molecule has 0 radical (unpaired) electrons. The first-order valence-corrected chi connectivity index (χ1v) is 7.30. The molecule has 1 saturated heterocycles. The lowest BCUT2D eigenvalue weighted by molar-refractivity contribution is -0.192. The predicted octanol–water partition coefficient (Wildman–Crippen LogP) is 2.74. The highest BCUT2D eigenvalue weighted by Crippen LogP contribution is 2.18. The van der Waals surface area contributed by atoms with Crippen LogP contribution in [0.4, 0.5) is 0 Å². The molecule has 18 heavy (non-hydrogen) atoms. The van der Waals surface area contributed by atoms with Gasteiger partial charge in [0, 0.05) is 6.61 Å². The Morgan fingerprint density at radius 3 is 2.72 bits per heavy atom. The van der Waals surface area contributed by atoms with Crippen molar-refractivity contribution in [2.75, 3.05) is 6.61 Å². The molecule has 2 N–H and O–H groups in total. The third-order valence-corrected chi connectivity index (χ3v) is 3.34. The lowest BCUT2D eigenvalue weighted by atomic mass is 10.1. The molecule has 1 heterocycles. The molecule has 4 heteroatoms. The molecule has 2 atom stereocenters. The Bertz CT molecular complexity index is 227. The van der Waals surface area contributed by atoms with Gasteiger partial charge < -0.3 is 15.2 Å². The summed E-state index contributed by atoms with van der Waals surface area (Å²) in [6.45, 7) is 2.92. The quantitative estimate of drug-likeness (QED) is 0.646. The van der Waals surface area contributed by atoms with Crippen molar-refractivity contribution in [1.82, 2.24) is 0 Å². The predicted molar refractivity (Wildman–Crippen MR) is 71.0 cm³/mol. The maximum Gasteiger partial charge on any atom is 0.246 e. The maximum atomic E-state index is 11.3. The minimum Gasteiger partial charge on any atom is -0.367 e. The van der Waals surface area contributed by atoms with Crippen LogP contribution >= 0.6 is 0 Å². The summed E-state index contributed by atoms with van der Waals surface area (Å²) in [4.78, 5) is 11.3. The monoisotopic (exact) mass is 257 g/mol. The van der Waals surface area contributed by atoms with E-state index in [9.17, 15) is 4.79 Å². The lowest BCUT2D eigenvalue weighted by Gasteiger charge is -2.26. The first-order chi connectivity index (χ1) is 8.74. The first kappa shape index (κ1) is 15.4. The molecular formula is C14H27NO3. The van der Waals surface area contributed by atoms with Gasteiger partial charge in [0.15, 0.2) is 6.29 Å². The van der Waals surface area contributed by atoms with Crippen molar-refractivity contribution in [2.45, 2.75) is 77.1 Å². The third kappa shape index (κ3) is 6.36. The third-order valence-electron chi connectivity index (χ3n) is 3.34. The Hall–Kier alpha value is -0.610. The normalized spacial score (nSPS) is 21.7. The van der Waals surface area contributed by atoms with Gasteiger partial charge in [0.2, 0.25) is 5.91 Å². The van der Waals surface area contributed by atoms with Gasteiger partial charge in [-0.05, 0) is 25.7 Å². The molecule has 0 bridgehead atoms. The van der Waals surface area contributed by atoms with E-state index in [0.717, 1.165) is 45.1 Å². The SMILES string of the molecule is CCCCCCCC(OC1CCCCO1)C(N)=O. The standard InChI is InChI=1S/C14H27NO3/c1-2-3-4-5-6-9-12(14(15)16)18-13-10-7-8-11-17-13/h12-13H,2-11H2,1H3,(H2,15,16). The van der Waals surface area contributed by atoms with E-state index in [1.54, 1.807) is 0 Å². The topological polar surface area (TPSA) is 61.6 Å². The fourth-order valence-electron chi connectivity index (χ4n) is 2.21. The summed E-state index contributed by atoms with van der Waals surface area (Å²) in [5, 5.41) is 0. The van der Waals surface area contributed by atoms with Crippen LogP contribution in [-0.4, -0.2) is 24.9 Å². The molecule has 4 nitrogen and oxygen atoms in total. The molecule has 0 aromatic rings. The van der Waals surface area contributed by atoms with E-state index in [4.69, 9.17) is 15.2 Å². The summed E-state index contributed by atoms with van der Waals surface area (Å²) < 4.78 is 11.1. The Labute approximate surface area is 110 Å². The fraction of sp³-hybridized carbons (Fsp3) is 0.929. The number of hydrogen-bond acceptors (Lipinski definition) is 3. The smallest absolute Gasteiger partial charge is 0.246 e. The average molecular weight is 257 g/mol. The molecular weight excluding hydrogens is 230 g/mol. The van der Waals surface area contributed by atoms with Gasteiger partial charge in [-0.2, -0.15) is 0 Å². The summed E-state index contributed by atoms with van der Waals surface area (Å²) in [5.41, 5.74) is 5.38. The number of ether oxygens (including phenoxy) is 2. The molecule has 1 aliphatic heterocycles. The maximum absolute atomic E-state index is 11.3. The van der Waals surface area contributed by atoms with E-state index < -0.39 is 6.10 Å². The summed E-state index contributed by atoms with van der Waals surface area (Å²) in [7, 11) is 0. The van der Waals surface area contributed by atoms with Gasteiger partial charge in [0.05, 0.1) is 0 Å². The summed E-state index contributed by atoms with van der Waals surface area (Å²) >= 11 is 0. The van der Waals surface area contributed by atoms with Gasteiger partial charge in [0.25, 0.3) is 0 Å². The van der Waals surface area contributed by atoms with Crippen molar-refractivity contribution in [3.05, 3.63) is 0 Å². The van der Waals surface area contributed by atoms with E-state index in [1.165, 1.54) is 19.3 Å². The summed E-state index contributed by atoms with van der Waals surface area (Å²) in [6.07, 6.45) is 8.93. The number of nitrogens with two attached hydrogens (primary N) is 1. The summed E-state index contributed by atoms with van der Waals surface area (Å²) in [6, 6.07) is 0. The van der Waals surface area contributed by atoms with Gasteiger partial charge in [0.1, 0.15) is 6.10 Å². The molecule has 1 rings (SSSR count). The molecule has 2 unspecified atom stereocenters. The van der Waals surface area contributed by atoms with Gasteiger partial charge >= 0.3 is 0 Å². The second kappa shape index (κ2) is 9.34. The zero-order chi connectivity index (χ0) is 13.2. The number of unbranched alkanes of at least 4 members (excludes halogenated alkanes) is 4. The first-order valence-electron chi connectivity index (χ1n) is 7.30. The number of carbonyl (C=O) groups excluding carboxylic acids is 1. The van der Waals surface area contributed by atoms with Gasteiger partial charge in [-0.15, -0.1) is 0 Å². The minimum absolute atomic E-state index is 0.230. The van der Waals surface area contributed by atoms with E-state index >= 15 is 0 Å². The van der Waals surface area contributed by atoms with Crippen LogP contribution in [0.2, 0.25) is 0 Å². The van der Waals surface area contributed by atoms with Crippen molar-refractivity contribution in [2.24, 2.45) is 5.73 Å². The van der Waals surface area contributed by atoms with Gasteiger partial charge in [-0.1, -0.05) is 39.0 Å². The molecule has 1 fully saturated rings. The minimum atomic E-state index is -0.477. The fourth-order valence-corrected chi connectivity index (χ4v) is 2.21. The Morgan fingerprint density at radius 2 is 2.11 bits per heavy atom. The van der Waals surface area contributed by atoms with E-state index in [2.05, 4.69) is 6.92 Å². The molecule has 0 spiro atoms. The number of primary amides is 1. The van der Waals surface area contributed by atoms with Crippen LogP contribution < -0.4 is 5.73 Å². The molecule has 1 amide bonds. The van der Waals surface area contributed by atoms with E-state index in [1.807, 2.05) is 0 Å². The second-order valence-corrected chi connectivity index (χ2v) is 5.03. The van der Waals surface area contributed by atoms with E-state index in [0.29, 0.717) is 0 Å². The van der Waals surface area contributed by atoms with Crippen molar-refractivity contribution in [3.8, 4) is 0 Å². The molecule has 1 aliphatic rings. The van der Waals surface area contributed by atoms with Crippen LogP contribution in [0.5, 0.6) is 0 Å². The zero-order valence-electron chi connectivity index (χ0n) is 11.5. The largest absolute Gasteiger partial charge is 0.367 e. The van der Waals surface area contributed by atoms with Crippen molar-refractivity contribution >= 4 is 5.91 Å². The second-order valence-electron chi connectivity index (χ2n) is 5.03. The van der Waals surface area contributed by atoms with Crippen molar-refractivity contribution in [3.63, 3.8) is 0 Å². The zero-order valence-corrected chi connectivity index (χ0v) is 11.5. The molecule has 0 aromatic heterocycles. The molecule has 106 valence electrons. The van der Waals surface area contributed by atoms with Crippen LogP contribution in [-0.2, 0) is 14.3 Å². The number of rotatable bonds is 9. The van der Waals surface area contributed by atoms with Crippen molar-refractivity contribution in [1.29, 1.82) is 0 Å². The Kier molecular flexibility index (Phi) is 8.01. The number of amides is 1. The summed E-state index contributed by atoms with van der Waals surface area (Å²) in [5.74, 6) is -0.361. The van der Waals surface area contributed by atoms with E-state index in [-0.39, 0.29) is 12.2 Å². The molecule has 0 aromatic carbocycles. The van der Waals surface area contributed by atoms with Crippen LogP contribution in [0.15, 0.2) is 0 Å². The van der Waals surface area contributed by atoms with Crippen LogP contribution in [0.1, 0.15) is 64.7 Å². The number of carbonyl (C=O) groups is 1. The van der Waals surface area contributed by atoms with Crippen LogP contribution in [0.3, 0.4) is 0 Å². The van der Waals surface area contributed by atoms with Crippen LogP contribution in [0, 0.1) is 0 Å². The highest BCUT2D eigenvalue weighted by molar-refractivity contribution is 5.78. The van der Waals surface area contributed by atoms with Crippen molar-refractivity contribution < 1.29 is 14.3 Å². The Balaban J connectivity index is 2.19. The molecule has 0 saturated carbocycles. The van der Waals surface area contributed by atoms with Gasteiger partial charge in [-0.25, -0.2) is 0 Å². The Morgan fingerprint density at radius 1 is 1.33 bits per heavy atom. The average Bonchev–Trinajstić information content (AvgIpc) is 2.38. The number of hydrogen-bond donors (Lipinski definition) is 1. The lowest BCUT2D eigenvalue weighted by Crippen LogP contribution is -2.36.